The standard InChI is InChI=1S/C9H17NO.ClH/c10-4-7-1-8-3-9(2-7)6-11-5-8;/h7-9H,1-6,10H2;1H/t7?,8-,9+;. The highest BCUT2D eigenvalue weighted by molar-refractivity contribution is 5.85. The topological polar surface area (TPSA) is 35.2 Å². The van der Waals surface area contributed by atoms with Crippen molar-refractivity contribution in [2.75, 3.05) is 19.8 Å². The maximum Gasteiger partial charge on any atom is 0.0494 e. The van der Waals surface area contributed by atoms with Crippen LogP contribution in [0, 0.1) is 17.8 Å². The molecule has 12 heavy (non-hydrogen) atoms. The lowest BCUT2D eigenvalue weighted by atomic mass is 9.74. The van der Waals surface area contributed by atoms with Crippen LogP contribution >= 0.6 is 12.4 Å². The van der Waals surface area contributed by atoms with Crippen LogP contribution < -0.4 is 5.73 Å². The minimum atomic E-state index is 0. The third kappa shape index (κ3) is 2.12. The van der Waals surface area contributed by atoms with E-state index in [4.69, 9.17) is 10.5 Å². The molecule has 2 N–H and O–H groups in total. The Balaban J connectivity index is 0.000000720. The molecule has 2 nitrogen and oxygen atoms in total. The molecule has 2 rings (SSSR count). The molecule has 1 saturated heterocycles. The van der Waals surface area contributed by atoms with E-state index in [1.807, 2.05) is 0 Å². The zero-order chi connectivity index (χ0) is 7.68. The Morgan fingerprint density at radius 1 is 1.08 bits per heavy atom. The third-order valence-corrected chi connectivity index (χ3v) is 3.04. The summed E-state index contributed by atoms with van der Waals surface area (Å²) in [6.07, 6.45) is 4.02. The Morgan fingerprint density at radius 2 is 1.67 bits per heavy atom. The quantitative estimate of drug-likeness (QED) is 0.681. The van der Waals surface area contributed by atoms with Gasteiger partial charge in [0.25, 0.3) is 0 Å². The van der Waals surface area contributed by atoms with Gasteiger partial charge in [-0.3, -0.25) is 0 Å². The number of rotatable bonds is 1. The molecule has 0 spiro atoms. The highest BCUT2D eigenvalue weighted by Crippen LogP contribution is 2.36. The van der Waals surface area contributed by atoms with Crippen molar-refractivity contribution < 1.29 is 4.74 Å². The molecule has 1 aliphatic heterocycles. The van der Waals surface area contributed by atoms with Crippen molar-refractivity contribution in [2.45, 2.75) is 19.3 Å². The Bertz CT molecular complexity index is 130. The molecule has 0 aromatic heterocycles. The Morgan fingerprint density at radius 3 is 2.17 bits per heavy atom. The summed E-state index contributed by atoms with van der Waals surface area (Å²) >= 11 is 0. The molecule has 1 unspecified atom stereocenters. The second-order valence-electron chi connectivity index (χ2n) is 4.08. The first-order chi connectivity index (χ1) is 5.38. The van der Waals surface area contributed by atoms with E-state index >= 15 is 0 Å². The van der Waals surface area contributed by atoms with Gasteiger partial charge in [0.2, 0.25) is 0 Å². The molecule has 72 valence electrons. The summed E-state index contributed by atoms with van der Waals surface area (Å²) in [5, 5.41) is 0. The van der Waals surface area contributed by atoms with Crippen LogP contribution in [-0.4, -0.2) is 19.8 Å². The lowest BCUT2D eigenvalue weighted by molar-refractivity contribution is -0.0251. The average Bonchev–Trinajstić information content (AvgIpc) is 2.03. The van der Waals surface area contributed by atoms with Gasteiger partial charge in [0.05, 0.1) is 0 Å². The van der Waals surface area contributed by atoms with Crippen LogP contribution in [0.25, 0.3) is 0 Å². The van der Waals surface area contributed by atoms with Gasteiger partial charge >= 0.3 is 0 Å². The van der Waals surface area contributed by atoms with E-state index in [2.05, 4.69) is 0 Å². The van der Waals surface area contributed by atoms with Crippen molar-refractivity contribution >= 4 is 12.4 Å². The van der Waals surface area contributed by atoms with Crippen LogP contribution in [0.3, 0.4) is 0 Å². The van der Waals surface area contributed by atoms with Gasteiger partial charge in [-0.2, -0.15) is 0 Å². The number of ether oxygens (including phenoxy) is 1. The number of nitrogens with two attached hydrogens (primary N) is 1. The summed E-state index contributed by atoms with van der Waals surface area (Å²) in [7, 11) is 0. The maximum atomic E-state index is 5.67. The highest BCUT2D eigenvalue weighted by Gasteiger charge is 2.31. The average molecular weight is 192 g/mol. The minimum absolute atomic E-state index is 0. The molecule has 0 aromatic rings. The molecular weight excluding hydrogens is 174 g/mol. The van der Waals surface area contributed by atoms with Crippen molar-refractivity contribution in [2.24, 2.45) is 23.5 Å². The monoisotopic (exact) mass is 191 g/mol. The van der Waals surface area contributed by atoms with Crippen LogP contribution in [0.5, 0.6) is 0 Å². The van der Waals surface area contributed by atoms with Gasteiger partial charge in [0.1, 0.15) is 0 Å². The lowest BCUT2D eigenvalue weighted by Crippen LogP contribution is -2.36. The second-order valence-corrected chi connectivity index (χ2v) is 4.08. The molecule has 1 saturated carbocycles. The van der Waals surface area contributed by atoms with E-state index in [-0.39, 0.29) is 12.4 Å². The van der Waals surface area contributed by atoms with Gasteiger partial charge in [-0.25, -0.2) is 0 Å². The Hall–Kier alpha value is 0.210. The molecule has 0 radical (unpaired) electrons. The van der Waals surface area contributed by atoms with Crippen molar-refractivity contribution in [3.8, 4) is 0 Å². The summed E-state index contributed by atoms with van der Waals surface area (Å²) in [6, 6.07) is 0. The van der Waals surface area contributed by atoms with Crippen LogP contribution in [0.4, 0.5) is 0 Å². The fourth-order valence-electron chi connectivity index (χ4n) is 2.57. The summed E-state index contributed by atoms with van der Waals surface area (Å²) < 4.78 is 5.49. The van der Waals surface area contributed by atoms with E-state index in [0.717, 1.165) is 37.5 Å². The normalized spacial score (nSPS) is 40.2. The molecule has 2 fully saturated rings. The first-order valence-corrected chi connectivity index (χ1v) is 4.66. The summed E-state index contributed by atoms with van der Waals surface area (Å²) in [4.78, 5) is 0. The van der Waals surface area contributed by atoms with Gasteiger partial charge in [-0.15, -0.1) is 12.4 Å². The van der Waals surface area contributed by atoms with Gasteiger partial charge < -0.3 is 10.5 Å². The maximum absolute atomic E-state index is 5.67. The van der Waals surface area contributed by atoms with E-state index in [1.165, 1.54) is 19.3 Å². The molecule has 2 bridgehead atoms. The lowest BCUT2D eigenvalue weighted by Gasteiger charge is -2.38. The molecule has 0 aromatic carbocycles. The van der Waals surface area contributed by atoms with Crippen molar-refractivity contribution in [3.63, 3.8) is 0 Å². The number of halogens is 1. The number of fused-ring (bicyclic) bond motifs is 2. The van der Waals surface area contributed by atoms with Crippen LogP contribution in [0.2, 0.25) is 0 Å². The minimum Gasteiger partial charge on any atom is -0.381 e. The fraction of sp³-hybridized carbons (Fsp3) is 1.00. The first kappa shape index (κ1) is 10.3. The Labute approximate surface area is 80.3 Å². The van der Waals surface area contributed by atoms with Crippen LogP contribution in [0.15, 0.2) is 0 Å². The van der Waals surface area contributed by atoms with Gasteiger partial charge in [-0.1, -0.05) is 0 Å². The van der Waals surface area contributed by atoms with Crippen molar-refractivity contribution in [1.82, 2.24) is 0 Å². The molecule has 3 heteroatoms. The van der Waals surface area contributed by atoms with E-state index in [1.54, 1.807) is 0 Å². The fourth-order valence-corrected chi connectivity index (χ4v) is 2.57. The molecule has 3 atom stereocenters. The zero-order valence-electron chi connectivity index (χ0n) is 7.37. The molecular formula is C9H18ClNO. The Kier molecular flexibility index (Phi) is 3.81. The van der Waals surface area contributed by atoms with E-state index < -0.39 is 0 Å². The van der Waals surface area contributed by atoms with E-state index in [0.29, 0.717) is 0 Å². The van der Waals surface area contributed by atoms with Crippen molar-refractivity contribution in [1.29, 1.82) is 0 Å². The van der Waals surface area contributed by atoms with E-state index in [9.17, 15) is 0 Å². The predicted octanol–water partition coefficient (Wildman–Crippen LogP) is 1.43. The summed E-state index contributed by atoms with van der Waals surface area (Å²) in [5.74, 6) is 2.45. The molecule has 1 heterocycles. The number of hydrogen-bond donors (Lipinski definition) is 1. The van der Waals surface area contributed by atoms with Crippen LogP contribution in [-0.2, 0) is 4.74 Å². The third-order valence-electron chi connectivity index (χ3n) is 3.04. The van der Waals surface area contributed by atoms with Gasteiger partial charge in [-0.05, 0) is 43.6 Å². The smallest absolute Gasteiger partial charge is 0.0494 e. The highest BCUT2D eigenvalue weighted by atomic mass is 35.5. The van der Waals surface area contributed by atoms with Gasteiger partial charge in [0.15, 0.2) is 0 Å². The summed E-state index contributed by atoms with van der Waals surface area (Å²) in [5.41, 5.74) is 5.67. The van der Waals surface area contributed by atoms with Gasteiger partial charge in [0, 0.05) is 13.2 Å². The van der Waals surface area contributed by atoms with Crippen LogP contribution in [0.1, 0.15) is 19.3 Å². The summed E-state index contributed by atoms with van der Waals surface area (Å²) in [6.45, 7) is 2.87. The predicted molar refractivity (Wildman–Crippen MR) is 51.4 cm³/mol. The molecule has 1 aliphatic carbocycles. The molecule has 2 aliphatic rings. The number of hydrogen-bond acceptors (Lipinski definition) is 2. The zero-order valence-corrected chi connectivity index (χ0v) is 8.19. The first-order valence-electron chi connectivity index (χ1n) is 4.66. The largest absolute Gasteiger partial charge is 0.381 e. The van der Waals surface area contributed by atoms with Crippen molar-refractivity contribution in [3.05, 3.63) is 0 Å². The molecule has 0 amide bonds. The second kappa shape index (κ2) is 4.45. The SMILES string of the molecule is Cl.NCC1C[C@H]2COC[C@@H](C1)C2.